The van der Waals surface area contributed by atoms with Crippen molar-refractivity contribution in [1.29, 1.82) is 0 Å². The van der Waals surface area contributed by atoms with E-state index in [1.807, 2.05) is 18.2 Å². The number of hydrogen-bond donors (Lipinski definition) is 3. The number of rotatable bonds is 8. The van der Waals surface area contributed by atoms with E-state index in [1.165, 1.54) is 12.0 Å². The van der Waals surface area contributed by atoms with E-state index in [2.05, 4.69) is 64.2 Å². The van der Waals surface area contributed by atoms with E-state index < -0.39 is 0 Å². The van der Waals surface area contributed by atoms with Gasteiger partial charge in [0, 0.05) is 43.8 Å². The molecule has 1 aliphatic heterocycles. The number of aliphatic imine (C=N–C) groups is 1. The second kappa shape index (κ2) is 11.8. The van der Waals surface area contributed by atoms with E-state index in [1.54, 1.807) is 0 Å². The Labute approximate surface area is 197 Å². The number of benzene rings is 2. The molecule has 0 unspecified atom stereocenters. The third-order valence-electron chi connectivity index (χ3n) is 6.61. The first kappa shape index (κ1) is 23.3. The highest BCUT2D eigenvalue weighted by Crippen LogP contribution is 2.27. The zero-order valence-corrected chi connectivity index (χ0v) is 19.7. The van der Waals surface area contributed by atoms with Crippen LogP contribution in [0.4, 0.5) is 5.69 Å². The fourth-order valence-corrected chi connectivity index (χ4v) is 4.42. The third kappa shape index (κ3) is 7.06. The number of nitrogens with zero attached hydrogens (tertiary/aromatic N) is 2. The van der Waals surface area contributed by atoms with Crippen LogP contribution in [0.15, 0.2) is 59.6 Å². The van der Waals surface area contributed by atoms with Crippen LogP contribution in [0.3, 0.4) is 0 Å². The van der Waals surface area contributed by atoms with Gasteiger partial charge in [-0.25, -0.2) is 4.99 Å². The minimum Gasteiger partial charge on any atom is -0.357 e. The molecule has 1 saturated heterocycles. The molecule has 1 amide bonds. The highest BCUT2D eigenvalue weighted by Gasteiger charge is 2.25. The fraction of sp³-hybridized carbons (Fsp3) is 0.481. The van der Waals surface area contributed by atoms with Crippen molar-refractivity contribution in [3.05, 3.63) is 65.7 Å². The summed E-state index contributed by atoms with van der Waals surface area (Å²) in [5.41, 5.74) is 3.34. The van der Waals surface area contributed by atoms with Crippen LogP contribution in [0, 0.1) is 5.92 Å². The summed E-state index contributed by atoms with van der Waals surface area (Å²) in [4.78, 5) is 19.6. The summed E-state index contributed by atoms with van der Waals surface area (Å²) in [6.45, 7) is 6.71. The molecule has 4 rings (SSSR count). The van der Waals surface area contributed by atoms with Gasteiger partial charge < -0.3 is 16.0 Å². The normalized spacial score (nSPS) is 17.9. The smallest absolute Gasteiger partial charge is 0.227 e. The van der Waals surface area contributed by atoms with Crippen molar-refractivity contribution in [2.45, 2.75) is 58.2 Å². The molecule has 2 fully saturated rings. The topological polar surface area (TPSA) is 68.8 Å². The summed E-state index contributed by atoms with van der Waals surface area (Å²) in [6.07, 6.45) is 5.41. The molecule has 1 aliphatic carbocycles. The Morgan fingerprint density at radius 2 is 1.76 bits per heavy atom. The molecule has 0 bridgehead atoms. The standard InChI is InChI=1S/C27H37N5O/c1-2-28-27(31-24-14-16-32(17-15-24)20-21-8-4-3-5-9-21)29-19-22-10-6-13-25(18-22)30-26(33)23-11-7-12-23/h3-6,8-10,13,18,23-24H,2,7,11-12,14-17,19-20H2,1H3,(H,30,33)(H2,28,29,31). The zero-order valence-electron chi connectivity index (χ0n) is 19.7. The second-order valence-corrected chi connectivity index (χ2v) is 9.19. The highest BCUT2D eigenvalue weighted by atomic mass is 16.1. The maximum atomic E-state index is 12.2. The lowest BCUT2D eigenvalue weighted by Crippen LogP contribution is -2.48. The predicted molar refractivity (Wildman–Crippen MR) is 135 cm³/mol. The second-order valence-electron chi connectivity index (χ2n) is 9.19. The highest BCUT2D eigenvalue weighted by molar-refractivity contribution is 5.93. The van der Waals surface area contributed by atoms with Crippen LogP contribution >= 0.6 is 0 Å². The number of anilines is 1. The average molecular weight is 448 g/mol. The molecule has 6 heteroatoms. The third-order valence-corrected chi connectivity index (χ3v) is 6.61. The van der Waals surface area contributed by atoms with Gasteiger partial charge in [0.15, 0.2) is 5.96 Å². The fourth-order valence-electron chi connectivity index (χ4n) is 4.42. The van der Waals surface area contributed by atoms with Gasteiger partial charge >= 0.3 is 0 Å². The summed E-state index contributed by atoms with van der Waals surface area (Å²) in [6, 6.07) is 19.2. The molecule has 0 aromatic heterocycles. The minimum absolute atomic E-state index is 0.149. The predicted octanol–water partition coefficient (Wildman–Crippen LogP) is 4.14. The maximum Gasteiger partial charge on any atom is 0.227 e. The zero-order chi connectivity index (χ0) is 22.9. The SMILES string of the molecule is CCNC(=NCc1cccc(NC(=O)C2CCC2)c1)NC1CCN(Cc2ccccc2)CC1. The van der Waals surface area contributed by atoms with Gasteiger partial charge in [-0.2, -0.15) is 0 Å². The Morgan fingerprint density at radius 1 is 1.00 bits per heavy atom. The van der Waals surface area contributed by atoms with Gasteiger partial charge in [-0.3, -0.25) is 9.69 Å². The van der Waals surface area contributed by atoms with Crippen LogP contribution in [0.2, 0.25) is 0 Å². The quantitative estimate of drug-likeness (QED) is 0.420. The molecular weight excluding hydrogens is 410 g/mol. The van der Waals surface area contributed by atoms with Gasteiger partial charge in [0.1, 0.15) is 0 Å². The Hall–Kier alpha value is -2.86. The van der Waals surface area contributed by atoms with Gasteiger partial charge in [-0.05, 0) is 55.9 Å². The maximum absolute atomic E-state index is 12.2. The Balaban J connectivity index is 1.27. The molecule has 0 radical (unpaired) electrons. The Bertz CT molecular complexity index is 917. The number of amides is 1. The molecule has 0 spiro atoms. The summed E-state index contributed by atoms with van der Waals surface area (Å²) in [5, 5.41) is 10.1. The van der Waals surface area contributed by atoms with Crippen LogP contribution in [-0.2, 0) is 17.9 Å². The molecule has 176 valence electrons. The van der Waals surface area contributed by atoms with Crippen molar-refractivity contribution in [3.8, 4) is 0 Å². The average Bonchev–Trinajstić information content (AvgIpc) is 2.79. The first-order valence-corrected chi connectivity index (χ1v) is 12.4. The number of piperidine rings is 1. The summed E-state index contributed by atoms with van der Waals surface area (Å²) < 4.78 is 0. The van der Waals surface area contributed by atoms with Crippen LogP contribution < -0.4 is 16.0 Å². The lowest BCUT2D eigenvalue weighted by molar-refractivity contribution is -0.122. The number of nitrogens with one attached hydrogen (secondary N) is 3. The van der Waals surface area contributed by atoms with Crippen LogP contribution in [0.25, 0.3) is 0 Å². The van der Waals surface area contributed by atoms with Crippen molar-refractivity contribution in [3.63, 3.8) is 0 Å². The van der Waals surface area contributed by atoms with Crippen LogP contribution in [0.5, 0.6) is 0 Å². The lowest BCUT2D eigenvalue weighted by Gasteiger charge is -2.33. The van der Waals surface area contributed by atoms with Gasteiger partial charge in [0.2, 0.25) is 5.91 Å². The largest absolute Gasteiger partial charge is 0.357 e. The van der Waals surface area contributed by atoms with Crippen molar-refractivity contribution in [2.24, 2.45) is 10.9 Å². The minimum atomic E-state index is 0.149. The molecule has 33 heavy (non-hydrogen) atoms. The molecule has 2 aromatic carbocycles. The van der Waals surface area contributed by atoms with Gasteiger partial charge in [0.25, 0.3) is 0 Å². The van der Waals surface area contributed by atoms with E-state index in [9.17, 15) is 4.79 Å². The number of carbonyl (C=O) groups excluding carboxylic acids is 1. The number of carbonyl (C=O) groups is 1. The summed E-state index contributed by atoms with van der Waals surface area (Å²) >= 11 is 0. The van der Waals surface area contributed by atoms with Gasteiger partial charge in [-0.1, -0.05) is 48.9 Å². The van der Waals surface area contributed by atoms with Crippen molar-refractivity contribution in [2.75, 3.05) is 25.0 Å². The molecule has 0 atom stereocenters. The molecule has 1 saturated carbocycles. The number of hydrogen-bond acceptors (Lipinski definition) is 3. The molecule has 1 heterocycles. The van der Waals surface area contributed by atoms with Gasteiger partial charge in [-0.15, -0.1) is 0 Å². The molecule has 6 nitrogen and oxygen atoms in total. The van der Waals surface area contributed by atoms with Crippen molar-refractivity contribution < 1.29 is 4.79 Å². The first-order valence-electron chi connectivity index (χ1n) is 12.4. The number of likely N-dealkylation sites (tertiary alicyclic amines) is 1. The molecule has 2 aromatic rings. The Morgan fingerprint density at radius 3 is 2.45 bits per heavy atom. The van der Waals surface area contributed by atoms with Crippen molar-refractivity contribution in [1.82, 2.24) is 15.5 Å². The summed E-state index contributed by atoms with van der Waals surface area (Å²) in [7, 11) is 0. The van der Waals surface area contributed by atoms with E-state index >= 15 is 0 Å². The lowest BCUT2D eigenvalue weighted by atomic mass is 9.85. The van der Waals surface area contributed by atoms with Crippen LogP contribution in [0.1, 0.15) is 50.2 Å². The molecule has 2 aliphatic rings. The van der Waals surface area contributed by atoms with E-state index in [0.29, 0.717) is 12.6 Å². The van der Waals surface area contributed by atoms with E-state index in [0.717, 1.165) is 69.1 Å². The van der Waals surface area contributed by atoms with Crippen molar-refractivity contribution >= 4 is 17.6 Å². The van der Waals surface area contributed by atoms with E-state index in [4.69, 9.17) is 4.99 Å². The summed E-state index contributed by atoms with van der Waals surface area (Å²) in [5.74, 6) is 1.20. The first-order chi connectivity index (χ1) is 16.2. The Kier molecular flexibility index (Phi) is 8.36. The number of guanidine groups is 1. The molecule has 3 N–H and O–H groups in total. The van der Waals surface area contributed by atoms with Gasteiger partial charge in [0.05, 0.1) is 6.54 Å². The molecular formula is C27H37N5O. The van der Waals surface area contributed by atoms with Crippen LogP contribution in [-0.4, -0.2) is 42.4 Å². The van der Waals surface area contributed by atoms with E-state index in [-0.39, 0.29) is 11.8 Å². The monoisotopic (exact) mass is 447 g/mol.